The molecule has 0 heterocycles. The van der Waals surface area contributed by atoms with Crippen molar-refractivity contribution in [2.45, 2.75) is 6.92 Å². The highest BCUT2D eigenvalue weighted by atomic mass is 16.5. The van der Waals surface area contributed by atoms with E-state index in [1.807, 2.05) is 0 Å². The van der Waals surface area contributed by atoms with Gasteiger partial charge in [-0.2, -0.15) is 0 Å². The maximum absolute atomic E-state index is 12.0. The zero-order valence-electron chi connectivity index (χ0n) is 9.53. The molecule has 0 spiro atoms. The fourth-order valence-corrected chi connectivity index (χ4v) is 1.60. The van der Waals surface area contributed by atoms with E-state index in [-0.39, 0.29) is 23.9 Å². The number of fused-ring (bicyclic) bond motifs is 1. The molecular weight excluding hydrogens is 216 g/mol. The fraction of sp³-hybridized carbons (Fsp3) is 0.143. The van der Waals surface area contributed by atoms with Gasteiger partial charge in [0.2, 0.25) is 5.78 Å². The number of ketones is 2. The molecule has 0 saturated heterocycles. The van der Waals surface area contributed by atoms with E-state index in [2.05, 4.69) is 6.58 Å². The highest BCUT2D eigenvalue weighted by Gasteiger charge is 2.26. The van der Waals surface area contributed by atoms with Gasteiger partial charge in [0.15, 0.2) is 11.5 Å². The number of carbonyl (C=O) groups is 2. The van der Waals surface area contributed by atoms with Crippen LogP contribution in [0.25, 0.3) is 0 Å². The van der Waals surface area contributed by atoms with Crippen molar-refractivity contribution in [2.24, 2.45) is 0 Å². The Labute approximate surface area is 99.4 Å². The third kappa shape index (κ3) is 2.18. The summed E-state index contributed by atoms with van der Waals surface area (Å²) in [5, 5.41) is 0. The summed E-state index contributed by atoms with van der Waals surface area (Å²) in [7, 11) is 0. The van der Waals surface area contributed by atoms with Crippen LogP contribution in [0.15, 0.2) is 48.3 Å². The lowest BCUT2D eigenvalue weighted by molar-refractivity contribution is 0.0897. The van der Waals surface area contributed by atoms with E-state index in [4.69, 9.17) is 4.74 Å². The molecule has 1 aliphatic rings. The number of allylic oxidation sites excluding steroid dienone is 2. The summed E-state index contributed by atoms with van der Waals surface area (Å²) in [6.07, 6.45) is 1.24. The van der Waals surface area contributed by atoms with E-state index in [9.17, 15) is 9.59 Å². The summed E-state index contributed by atoms with van der Waals surface area (Å²) in [5.41, 5.74) is 1.63. The van der Waals surface area contributed by atoms with Crippen LogP contribution in [0.2, 0.25) is 0 Å². The summed E-state index contributed by atoms with van der Waals surface area (Å²) < 4.78 is 5.28. The lowest BCUT2D eigenvalue weighted by atomic mass is 9.94. The molecule has 3 nitrogen and oxygen atoms in total. The summed E-state index contributed by atoms with van der Waals surface area (Å²) in [4.78, 5) is 23.8. The van der Waals surface area contributed by atoms with E-state index in [0.29, 0.717) is 11.1 Å². The first-order valence-electron chi connectivity index (χ1n) is 5.26. The molecule has 3 heteroatoms. The number of carbonyl (C=O) groups excluding carboxylic acids is 2. The largest absolute Gasteiger partial charge is 0.485 e. The van der Waals surface area contributed by atoms with Crippen LogP contribution in [0.1, 0.15) is 27.6 Å². The summed E-state index contributed by atoms with van der Waals surface area (Å²) in [6, 6.07) is 6.73. The van der Waals surface area contributed by atoms with E-state index < -0.39 is 0 Å². The van der Waals surface area contributed by atoms with Gasteiger partial charge in [-0.15, -0.1) is 0 Å². The smallest absolute Gasteiger partial charge is 0.228 e. The predicted molar refractivity (Wildman–Crippen MR) is 64.0 cm³/mol. The van der Waals surface area contributed by atoms with Crippen molar-refractivity contribution in [3.8, 4) is 0 Å². The molecule has 0 N–H and O–H groups in total. The highest BCUT2D eigenvalue weighted by Crippen LogP contribution is 2.21. The van der Waals surface area contributed by atoms with Crippen LogP contribution < -0.4 is 0 Å². The van der Waals surface area contributed by atoms with Crippen molar-refractivity contribution in [1.29, 1.82) is 0 Å². The molecule has 0 aliphatic heterocycles. The van der Waals surface area contributed by atoms with E-state index in [1.165, 1.54) is 6.08 Å². The molecule has 1 aromatic carbocycles. The van der Waals surface area contributed by atoms with E-state index in [0.717, 1.165) is 5.57 Å². The van der Waals surface area contributed by atoms with Crippen LogP contribution in [-0.4, -0.2) is 18.2 Å². The summed E-state index contributed by atoms with van der Waals surface area (Å²) in [5.74, 6) is -0.352. The molecule has 0 aromatic heterocycles. The Morgan fingerprint density at radius 1 is 1.24 bits per heavy atom. The third-order valence-corrected chi connectivity index (χ3v) is 2.40. The van der Waals surface area contributed by atoms with Crippen molar-refractivity contribution in [2.75, 3.05) is 6.61 Å². The fourth-order valence-electron chi connectivity index (χ4n) is 1.60. The number of hydrogen-bond donors (Lipinski definition) is 0. The Balaban J connectivity index is 2.32. The van der Waals surface area contributed by atoms with E-state index >= 15 is 0 Å². The Morgan fingerprint density at radius 3 is 2.53 bits per heavy atom. The van der Waals surface area contributed by atoms with Gasteiger partial charge in [0.1, 0.15) is 6.61 Å². The van der Waals surface area contributed by atoms with Gasteiger partial charge in [0.05, 0.1) is 0 Å². The van der Waals surface area contributed by atoms with Crippen LogP contribution in [0.3, 0.4) is 0 Å². The van der Waals surface area contributed by atoms with Crippen molar-refractivity contribution in [3.63, 3.8) is 0 Å². The maximum Gasteiger partial charge on any atom is 0.228 e. The maximum atomic E-state index is 12.0. The normalized spacial score (nSPS) is 14.1. The SMILES string of the molecule is C=C(C)COC1=CC(=O)c2ccccc2C1=O. The second kappa shape index (κ2) is 4.37. The number of rotatable bonds is 3. The van der Waals surface area contributed by atoms with Gasteiger partial charge in [-0.05, 0) is 12.5 Å². The minimum absolute atomic E-state index is 0.0942. The Hall–Kier alpha value is -2.16. The molecule has 2 rings (SSSR count). The Bertz CT molecular complexity index is 538. The topological polar surface area (TPSA) is 43.4 Å². The van der Waals surface area contributed by atoms with Gasteiger partial charge in [0, 0.05) is 17.2 Å². The Morgan fingerprint density at radius 2 is 1.88 bits per heavy atom. The zero-order valence-corrected chi connectivity index (χ0v) is 9.53. The lowest BCUT2D eigenvalue weighted by Crippen LogP contribution is -2.18. The molecule has 0 bridgehead atoms. The molecule has 0 amide bonds. The van der Waals surface area contributed by atoms with Crippen molar-refractivity contribution in [3.05, 3.63) is 59.4 Å². The van der Waals surface area contributed by atoms with Crippen LogP contribution >= 0.6 is 0 Å². The molecule has 86 valence electrons. The van der Waals surface area contributed by atoms with Gasteiger partial charge in [-0.1, -0.05) is 30.8 Å². The minimum Gasteiger partial charge on any atom is -0.485 e. The average Bonchev–Trinajstić information content (AvgIpc) is 2.32. The monoisotopic (exact) mass is 228 g/mol. The molecule has 0 atom stereocenters. The van der Waals surface area contributed by atoms with Gasteiger partial charge in [-0.3, -0.25) is 9.59 Å². The van der Waals surface area contributed by atoms with Crippen molar-refractivity contribution >= 4 is 11.6 Å². The predicted octanol–water partition coefficient (Wildman–Crippen LogP) is 2.54. The lowest BCUT2D eigenvalue weighted by Gasteiger charge is -2.15. The summed E-state index contributed by atoms with van der Waals surface area (Å²) in [6.45, 7) is 5.72. The third-order valence-electron chi connectivity index (χ3n) is 2.40. The number of hydrogen-bond acceptors (Lipinski definition) is 3. The van der Waals surface area contributed by atoms with Crippen LogP contribution in [0, 0.1) is 0 Å². The summed E-state index contributed by atoms with van der Waals surface area (Å²) >= 11 is 0. The molecule has 17 heavy (non-hydrogen) atoms. The molecule has 0 fully saturated rings. The van der Waals surface area contributed by atoms with Crippen molar-refractivity contribution < 1.29 is 14.3 Å². The first kappa shape index (κ1) is 11.3. The number of Topliss-reactive ketones (excluding diaryl/α,β-unsaturated/α-hetero) is 1. The second-order valence-corrected chi connectivity index (χ2v) is 3.99. The molecule has 0 unspecified atom stereocenters. The standard InChI is InChI=1S/C14H12O3/c1-9(2)8-17-13-7-12(15)10-5-3-4-6-11(10)14(13)16/h3-7H,1,8H2,2H3. The molecular formula is C14H12O3. The first-order chi connectivity index (χ1) is 8.09. The molecule has 1 aliphatic carbocycles. The molecule has 1 aromatic rings. The highest BCUT2D eigenvalue weighted by molar-refractivity contribution is 6.23. The molecule has 0 radical (unpaired) electrons. The van der Waals surface area contributed by atoms with Crippen LogP contribution in [-0.2, 0) is 4.74 Å². The molecule has 0 saturated carbocycles. The van der Waals surface area contributed by atoms with Crippen LogP contribution in [0.5, 0.6) is 0 Å². The average molecular weight is 228 g/mol. The minimum atomic E-state index is -0.249. The van der Waals surface area contributed by atoms with Crippen LogP contribution in [0.4, 0.5) is 0 Å². The second-order valence-electron chi connectivity index (χ2n) is 3.99. The number of ether oxygens (including phenoxy) is 1. The van der Waals surface area contributed by atoms with Gasteiger partial charge >= 0.3 is 0 Å². The van der Waals surface area contributed by atoms with Crippen molar-refractivity contribution in [1.82, 2.24) is 0 Å². The van der Waals surface area contributed by atoms with E-state index in [1.54, 1.807) is 31.2 Å². The zero-order chi connectivity index (χ0) is 12.4. The van der Waals surface area contributed by atoms with Gasteiger partial charge < -0.3 is 4.74 Å². The number of benzene rings is 1. The quantitative estimate of drug-likeness (QED) is 0.747. The van der Waals surface area contributed by atoms with Gasteiger partial charge in [-0.25, -0.2) is 0 Å². The Kier molecular flexibility index (Phi) is 2.91. The van der Waals surface area contributed by atoms with Gasteiger partial charge in [0.25, 0.3) is 0 Å². The first-order valence-corrected chi connectivity index (χ1v) is 5.26.